The number of ether oxygens (including phenoxy) is 1. The number of nitrogens with one attached hydrogen (secondary N) is 1. The summed E-state index contributed by atoms with van der Waals surface area (Å²) in [6.07, 6.45) is 2.44. The number of hydrogen-bond donors (Lipinski definition) is 1. The molecule has 1 N–H and O–H groups in total. The maximum absolute atomic E-state index is 13.2. The summed E-state index contributed by atoms with van der Waals surface area (Å²) in [4.78, 5) is 15.1. The lowest BCUT2D eigenvalue weighted by Gasteiger charge is -2.30. The molecule has 1 aliphatic heterocycles. The monoisotopic (exact) mass is 459 g/mol. The molecule has 32 heavy (non-hydrogen) atoms. The zero-order chi connectivity index (χ0) is 23.1. The van der Waals surface area contributed by atoms with Gasteiger partial charge >= 0.3 is 0 Å². The van der Waals surface area contributed by atoms with Gasteiger partial charge in [-0.25, -0.2) is 8.42 Å². The maximum atomic E-state index is 13.2. The Hall–Kier alpha value is -2.42. The van der Waals surface area contributed by atoms with E-state index in [1.807, 2.05) is 30.3 Å². The summed E-state index contributed by atoms with van der Waals surface area (Å²) >= 11 is 0. The minimum atomic E-state index is -3.86. The molecule has 1 heterocycles. The topological polar surface area (TPSA) is 79.0 Å². The molecule has 1 fully saturated rings. The second-order valence-electron chi connectivity index (χ2n) is 8.42. The lowest BCUT2D eigenvalue weighted by Crippen LogP contribution is -2.40. The van der Waals surface area contributed by atoms with Crippen LogP contribution in [0.5, 0.6) is 5.75 Å². The summed E-state index contributed by atoms with van der Waals surface area (Å²) in [6.45, 7) is 5.88. The van der Waals surface area contributed by atoms with E-state index in [1.54, 1.807) is 6.07 Å². The van der Waals surface area contributed by atoms with Gasteiger partial charge in [-0.05, 0) is 49.1 Å². The van der Waals surface area contributed by atoms with Gasteiger partial charge in [0.1, 0.15) is 10.6 Å². The van der Waals surface area contributed by atoms with Crippen molar-refractivity contribution in [2.75, 3.05) is 40.3 Å². The first-order valence-corrected chi connectivity index (χ1v) is 12.4. The molecule has 1 saturated heterocycles. The standard InChI is InChI=1S/C24H33N3O4S/c1-19-8-7-14-27(17-19)15-13-25-24(28)21-11-12-22(31-3)23(16-21)32(29,30)26(2)18-20-9-5-4-6-10-20/h4-6,9-12,16,19H,7-8,13-15,17-18H2,1-3H3,(H,25,28). The van der Waals surface area contributed by atoms with Crippen molar-refractivity contribution in [3.63, 3.8) is 0 Å². The Bertz CT molecular complexity index is 1010. The molecule has 0 radical (unpaired) electrons. The molecule has 1 amide bonds. The van der Waals surface area contributed by atoms with Gasteiger partial charge in [0.15, 0.2) is 0 Å². The van der Waals surface area contributed by atoms with E-state index in [2.05, 4.69) is 17.1 Å². The highest BCUT2D eigenvalue weighted by molar-refractivity contribution is 7.89. The van der Waals surface area contributed by atoms with Crippen molar-refractivity contribution >= 4 is 15.9 Å². The largest absolute Gasteiger partial charge is 0.495 e. The molecule has 2 aromatic rings. The molecule has 0 aliphatic carbocycles. The van der Waals surface area contributed by atoms with Gasteiger partial charge in [0, 0.05) is 38.8 Å². The quantitative estimate of drug-likeness (QED) is 0.624. The zero-order valence-electron chi connectivity index (χ0n) is 19.1. The van der Waals surface area contributed by atoms with Crippen molar-refractivity contribution in [3.8, 4) is 5.75 Å². The van der Waals surface area contributed by atoms with E-state index >= 15 is 0 Å². The molecule has 8 heteroatoms. The predicted molar refractivity (Wildman–Crippen MR) is 125 cm³/mol. The number of rotatable bonds is 9. The number of benzene rings is 2. The predicted octanol–water partition coefficient (Wildman–Crippen LogP) is 2.98. The van der Waals surface area contributed by atoms with E-state index in [0.717, 1.165) is 25.2 Å². The summed E-state index contributed by atoms with van der Waals surface area (Å²) in [5.41, 5.74) is 1.17. The molecular weight excluding hydrogens is 426 g/mol. The zero-order valence-corrected chi connectivity index (χ0v) is 19.9. The van der Waals surface area contributed by atoms with Gasteiger partial charge in [-0.2, -0.15) is 4.31 Å². The fourth-order valence-electron chi connectivity index (χ4n) is 4.03. The van der Waals surface area contributed by atoms with Crippen LogP contribution in [-0.2, 0) is 16.6 Å². The Balaban J connectivity index is 1.70. The van der Waals surface area contributed by atoms with Crippen LogP contribution < -0.4 is 10.1 Å². The van der Waals surface area contributed by atoms with Crippen LogP contribution >= 0.6 is 0 Å². The Morgan fingerprint density at radius 2 is 1.97 bits per heavy atom. The van der Waals surface area contributed by atoms with E-state index < -0.39 is 10.0 Å². The molecule has 0 spiro atoms. The number of sulfonamides is 1. The fourth-order valence-corrected chi connectivity index (χ4v) is 5.37. The van der Waals surface area contributed by atoms with Crippen molar-refractivity contribution in [2.24, 2.45) is 5.92 Å². The third kappa shape index (κ3) is 6.09. The van der Waals surface area contributed by atoms with E-state index in [4.69, 9.17) is 4.74 Å². The van der Waals surface area contributed by atoms with Crippen molar-refractivity contribution in [3.05, 3.63) is 59.7 Å². The molecule has 1 atom stereocenters. The van der Waals surface area contributed by atoms with Crippen LogP contribution in [0, 0.1) is 5.92 Å². The molecule has 0 aromatic heterocycles. The van der Waals surface area contributed by atoms with Gasteiger partial charge in [-0.1, -0.05) is 37.3 Å². The molecule has 7 nitrogen and oxygen atoms in total. The van der Waals surface area contributed by atoms with Crippen LogP contribution in [0.4, 0.5) is 0 Å². The summed E-state index contributed by atoms with van der Waals surface area (Å²) in [7, 11) is -0.916. The number of hydrogen-bond acceptors (Lipinski definition) is 5. The van der Waals surface area contributed by atoms with Crippen LogP contribution in [0.1, 0.15) is 35.7 Å². The number of likely N-dealkylation sites (tertiary alicyclic amines) is 1. The first-order chi connectivity index (χ1) is 15.3. The van der Waals surface area contributed by atoms with Gasteiger partial charge in [-0.3, -0.25) is 4.79 Å². The Labute approximate surface area is 191 Å². The molecule has 3 rings (SSSR count). The molecule has 1 aliphatic rings. The van der Waals surface area contributed by atoms with Gasteiger partial charge in [0.25, 0.3) is 5.91 Å². The van der Waals surface area contributed by atoms with Gasteiger partial charge in [0.2, 0.25) is 10.0 Å². The average molecular weight is 460 g/mol. The summed E-state index contributed by atoms with van der Waals surface area (Å²) in [5.74, 6) is 0.602. The second-order valence-corrected chi connectivity index (χ2v) is 10.4. The number of piperidine rings is 1. The van der Waals surface area contributed by atoms with Crippen molar-refractivity contribution in [1.29, 1.82) is 0 Å². The van der Waals surface area contributed by atoms with Gasteiger partial charge in [-0.15, -0.1) is 0 Å². The smallest absolute Gasteiger partial charge is 0.251 e. The maximum Gasteiger partial charge on any atom is 0.251 e. The summed E-state index contributed by atoms with van der Waals surface area (Å²) in [6, 6.07) is 13.9. The third-order valence-electron chi connectivity index (χ3n) is 5.82. The first kappa shape index (κ1) is 24.2. The van der Waals surface area contributed by atoms with E-state index in [0.29, 0.717) is 18.0 Å². The highest BCUT2D eigenvalue weighted by Crippen LogP contribution is 2.28. The average Bonchev–Trinajstić information content (AvgIpc) is 2.79. The minimum Gasteiger partial charge on any atom is -0.495 e. The molecule has 0 bridgehead atoms. The number of carbonyl (C=O) groups is 1. The van der Waals surface area contributed by atoms with Crippen LogP contribution in [0.15, 0.2) is 53.4 Å². The third-order valence-corrected chi connectivity index (χ3v) is 7.64. The number of methoxy groups -OCH3 is 1. The first-order valence-electron chi connectivity index (χ1n) is 11.0. The number of amides is 1. The molecule has 2 aromatic carbocycles. The van der Waals surface area contributed by atoms with Crippen molar-refractivity contribution < 1.29 is 17.9 Å². The van der Waals surface area contributed by atoms with Crippen molar-refractivity contribution in [2.45, 2.75) is 31.2 Å². The normalized spacial score (nSPS) is 17.3. The second kappa shape index (κ2) is 10.9. The summed E-state index contributed by atoms with van der Waals surface area (Å²) < 4.78 is 33.1. The SMILES string of the molecule is COc1ccc(C(=O)NCCN2CCCC(C)C2)cc1S(=O)(=O)N(C)Cc1ccccc1. The highest BCUT2D eigenvalue weighted by atomic mass is 32.2. The minimum absolute atomic E-state index is 0.0177. The molecule has 174 valence electrons. The van der Waals surface area contributed by atoms with Gasteiger partial charge in [0.05, 0.1) is 7.11 Å². The van der Waals surface area contributed by atoms with Crippen LogP contribution in [-0.4, -0.2) is 63.9 Å². The molecular formula is C24H33N3O4S. The highest BCUT2D eigenvalue weighted by Gasteiger charge is 2.26. The molecule has 0 saturated carbocycles. The fraction of sp³-hybridized carbons (Fsp3) is 0.458. The van der Waals surface area contributed by atoms with E-state index in [1.165, 1.54) is 43.4 Å². The van der Waals surface area contributed by atoms with Gasteiger partial charge < -0.3 is 15.0 Å². The van der Waals surface area contributed by atoms with Crippen LogP contribution in [0.3, 0.4) is 0 Å². The Kier molecular flexibility index (Phi) is 8.28. The Morgan fingerprint density at radius 1 is 1.22 bits per heavy atom. The van der Waals surface area contributed by atoms with Crippen LogP contribution in [0.25, 0.3) is 0 Å². The lowest BCUT2D eigenvalue weighted by molar-refractivity contribution is 0.0943. The summed E-state index contributed by atoms with van der Waals surface area (Å²) in [5, 5.41) is 2.92. The lowest BCUT2D eigenvalue weighted by atomic mass is 10.0. The van der Waals surface area contributed by atoms with Crippen LogP contribution in [0.2, 0.25) is 0 Å². The van der Waals surface area contributed by atoms with E-state index in [9.17, 15) is 13.2 Å². The Morgan fingerprint density at radius 3 is 2.66 bits per heavy atom. The number of nitrogens with zero attached hydrogens (tertiary/aromatic N) is 2. The van der Waals surface area contributed by atoms with Crippen molar-refractivity contribution in [1.82, 2.24) is 14.5 Å². The number of carbonyl (C=O) groups excluding carboxylic acids is 1. The molecule has 1 unspecified atom stereocenters. The van der Waals surface area contributed by atoms with E-state index in [-0.39, 0.29) is 23.1 Å².